The van der Waals surface area contributed by atoms with Crippen LogP contribution in [0.25, 0.3) is 0 Å². The molecular formula is C14H20ClFN2O. The summed E-state index contributed by atoms with van der Waals surface area (Å²) in [5.74, 6) is -0.806. The van der Waals surface area contributed by atoms with Crippen LogP contribution < -0.4 is 5.32 Å². The van der Waals surface area contributed by atoms with E-state index in [2.05, 4.69) is 17.1 Å². The molecule has 1 amide bonds. The van der Waals surface area contributed by atoms with Gasteiger partial charge >= 0.3 is 0 Å². The third kappa shape index (κ3) is 5.17. The van der Waals surface area contributed by atoms with Crippen molar-refractivity contribution in [2.75, 3.05) is 20.6 Å². The van der Waals surface area contributed by atoms with Gasteiger partial charge in [-0.1, -0.05) is 24.9 Å². The van der Waals surface area contributed by atoms with Gasteiger partial charge < -0.3 is 10.2 Å². The predicted molar refractivity (Wildman–Crippen MR) is 76.1 cm³/mol. The molecule has 1 atom stereocenters. The summed E-state index contributed by atoms with van der Waals surface area (Å²) in [7, 11) is 3.96. The predicted octanol–water partition coefficient (Wildman–Crippen LogP) is 2.94. The molecule has 0 saturated heterocycles. The van der Waals surface area contributed by atoms with E-state index in [-0.39, 0.29) is 22.5 Å². The van der Waals surface area contributed by atoms with Crippen molar-refractivity contribution in [1.29, 1.82) is 0 Å². The molecule has 0 heterocycles. The summed E-state index contributed by atoms with van der Waals surface area (Å²) in [6.07, 6.45) is 2.04. The molecule has 0 radical (unpaired) electrons. The number of halogens is 2. The van der Waals surface area contributed by atoms with Crippen LogP contribution in [-0.4, -0.2) is 37.5 Å². The van der Waals surface area contributed by atoms with E-state index < -0.39 is 5.82 Å². The Hall–Kier alpha value is -1.13. The number of hydrogen-bond donors (Lipinski definition) is 1. The summed E-state index contributed by atoms with van der Waals surface area (Å²) in [4.78, 5) is 14.0. The Morgan fingerprint density at radius 2 is 2.11 bits per heavy atom. The molecule has 1 unspecified atom stereocenters. The number of carbonyl (C=O) groups is 1. The van der Waals surface area contributed by atoms with Crippen LogP contribution in [0.4, 0.5) is 4.39 Å². The van der Waals surface area contributed by atoms with Gasteiger partial charge in [-0.15, -0.1) is 0 Å². The molecule has 19 heavy (non-hydrogen) atoms. The standard InChI is InChI=1S/C14H20ClFN2O/c1-4-5-13(18(2)3)9-17-14(19)10-6-11(15)8-12(16)7-10/h6-8,13H,4-5,9H2,1-3H3,(H,17,19). The average Bonchev–Trinajstić information content (AvgIpc) is 2.32. The van der Waals surface area contributed by atoms with E-state index in [1.165, 1.54) is 18.2 Å². The quantitative estimate of drug-likeness (QED) is 0.872. The molecule has 0 aliphatic carbocycles. The highest BCUT2D eigenvalue weighted by molar-refractivity contribution is 6.31. The third-order valence-corrected chi connectivity index (χ3v) is 3.19. The number of hydrogen-bond acceptors (Lipinski definition) is 2. The van der Waals surface area contributed by atoms with E-state index >= 15 is 0 Å². The van der Waals surface area contributed by atoms with Crippen molar-refractivity contribution >= 4 is 17.5 Å². The van der Waals surface area contributed by atoms with Crippen LogP contribution in [0.3, 0.4) is 0 Å². The molecule has 0 aliphatic rings. The Bertz CT molecular complexity index is 417. The van der Waals surface area contributed by atoms with E-state index in [9.17, 15) is 9.18 Å². The van der Waals surface area contributed by atoms with Gasteiger partial charge in [0.1, 0.15) is 5.82 Å². The largest absolute Gasteiger partial charge is 0.350 e. The van der Waals surface area contributed by atoms with E-state index in [0.717, 1.165) is 12.8 Å². The lowest BCUT2D eigenvalue weighted by Gasteiger charge is -2.24. The van der Waals surface area contributed by atoms with Gasteiger partial charge in [-0.2, -0.15) is 0 Å². The Balaban J connectivity index is 2.63. The zero-order chi connectivity index (χ0) is 14.4. The molecule has 1 N–H and O–H groups in total. The van der Waals surface area contributed by atoms with Gasteiger partial charge in [0.05, 0.1) is 0 Å². The lowest BCUT2D eigenvalue weighted by molar-refractivity contribution is 0.0940. The van der Waals surface area contributed by atoms with Crippen molar-refractivity contribution in [3.8, 4) is 0 Å². The molecule has 0 fully saturated rings. The van der Waals surface area contributed by atoms with Gasteiger partial charge in [0.2, 0.25) is 0 Å². The maximum atomic E-state index is 13.2. The Morgan fingerprint density at radius 3 is 2.63 bits per heavy atom. The van der Waals surface area contributed by atoms with Gasteiger partial charge in [-0.25, -0.2) is 4.39 Å². The van der Waals surface area contributed by atoms with Crippen molar-refractivity contribution in [3.05, 3.63) is 34.6 Å². The van der Waals surface area contributed by atoms with Crippen molar-refractivity contribution in [2.24, 2.45) is 0 Å². The van der Waals surface area contributed by atoms with Crippen molar-refractivity contribution in [1.82, 2.24) is 10.2 Å². The minimum absolute atomic E-state index is 0.225. The van der Waals surface area contributed by atoms with Crippen molar-refractivity contribution < 1.29 is 9.18 Å². The molecule has 5 heteroatoms. The van der Waals surface area contributed by atoms with Crippen LogP contribution in [0.5, 0.6) is 0 Å². The number of rotatable bonds is 6. The Kier molecular flexibility index (Phi) is 6.25. The minimum atomic E-state index is -0.504. The second-order valence-electron chi connectivity index (χ2n) is 4.77. The van der Waals surface area contributed by atoms with Crippen LogP contribution in [0.2, 0.25) is 5.02 Å². The average molecular weight is 287 g/mol. The van der Waals surface area contributed by atoms with Crippen LogP contribution in [0, 0.1) is 5.82 Å². The highest BCUT2D eigenvalue weighted by Crippen LogP contribution is 2.14. The molecule has 106 valence electrons. The fourth-order valence-corrected chi connectivity index (χ4v) is 2.10. The second-order valence-corrected chi connectivity index (χ2v) is 5.21. The first kappa shape index (κ1) is 15.9. The van der Waals surface area contributed by atoms with Gasteiger partial charge in [0.25, 0.3) is 5.91 Å². The van der Waals surface area contributed by atoms with Crippen molar-refractivity contribution in [3.63, 3.8) is 0 Å². The van der Waals surface area contributed by atoms with E-state index in [1.54, 1.807) is 0 Å². The summed E-state index contributed by atoms with van der Waals surface area (Å²) in [6, 6.07) is 4.10. The third-order valence-electron chi connectivity index (χ3n) is 2.98. The molecular weight excluding hydrogens is 267 g/mol. The zero-order valence-corrected chi connectivity index (χ0v) is 12.3. The maximum absolute atomic E-state index is 13.2. The van der Waals surface area contributed by atoms with Crippen LogP contribution in [0.15, 0.2) is 18.2 Å². The van der Waals surface area contributed by atoms with E-state index in [1.807, 2.05) is 14.1 Å². The molecule has 1 rings (SSSR count). The summed E-state index contributed by atoms with van der Waals surface area (Å²) >= 11 is 5.73. The molecule has 0 spiro atoms. The highest BCUT2D eigenvalue weighted by Gasteiger charge is 2.13. The molecule has 0 bridgehead atoms. The van der Waals surface area contributed by atoms with Gasteiger partial charge in [0, 0.05) is 23.2 Å². The normalized spacial score (nSPS) is 12.5. The first-order valence-corrected chi connectivity index (χ1v) is 6.72. The number of carbonyl (C=O) groups excluding carboxylic acids is 1. The fraction of sp³-hybridized carbons (Fsp3) is 0.500. The molecule has 1 aromatic carbocycles. The van der Waals surface area contributed by atoms with Crippen LogP contribution >= 0.6 is 11.6 Å². The van der Waals surface area contributed by atoms with E-state index in [4.69, 9.17) is 11.6 Å². The summed E-state index contributed by atoms with van der Waals surface area (Å²) in [5, 5.41) is 3.04. The molecule has 3 nitrogen and oxygen atoms in total. The maximum Gasteiger partial charge on any atom is 0.251 e. The molecule has 0 aliphatic heterocycles. The number of nitrogens with zero attached hydrogens (tertiary/aromatic N) is 1. The molecule has 0 saturated carbocycles. The van der Waals surface area contributed by atoms with Gasteiger partial charge in [-0.05, 0) is 38.7 Å². The highest BCUT2D eigenvalue weighted by atomic mass is 35.5. The minimum Gasteiger partial charge on any atom is -0.350 e. The number of nitrogens with one attached hydrogen (secondary N) is 1. The topological polar surface area (TPSA) is 32.3 Å². The monoisotopic (exact) mass is 286 g/mol. The molecule has 1 aromatic rings. The zero-order valence-electron chi connectivity index (χ0n) is 11.5. The second kappa shape index (κ2) is 7.46. The van der Waals surface area contributed by atoms with Crippen LogP contribution in [0.1, 0.15) is 30.1 Å². The first-order chi connectivity index (χ1) is 8.93. The Morgan fingerprint density at radius 1 is 1.42 bits per heavy atom. The summed E-state index contributed by atoms with van der Waals surface area (Å²) in [5.41, 5.74) is 0.249. The number of benzene rings is 1. The molecule has 0 aromatic heterocycles. The number of amides is 1. The van der Waals surface area contributed by atoms with Gasteiger partial charge in [-0.3, -0.25) is 4.79 Å². The number of likely N-dealkylation sites (N-methyl/N-ethyl adjacent to an activating group) is 1. The SMILES string of the molecule is CCCC(CNC(=O)c1cc(F)cc(Cl)c1)N(C)C. The first-order valence-electron chi connectivity index (χ1n) is 6.34. The Labute approximate surface area is 118 Å². The van der Waals surface area contributed by atoms with Crippen molar-refractivity contribution in [2.45, 2.75) is 25.8 Å². The lowest BCUT2D eigenvalue weighted by Crippen LogP contribution is -2.40. The smallest absolute Gasteiger partial charge is 0.251 e. The van der Waals surface area contributed by atoms with E-state index in [0.29, 0.717) is 6.54 Å². The van der Waals surface area contributed by atoms with Crippen LogP contribution in [-0.2, 0) is 0 Å². The summed E-state index contributed by atoms with van der Waals surface area (Å²) in [6.45, 7) is 2.64. The fourth-order valence-electron chi connectivity index (χ4n) is 1.87. The summed E-state index contributed by atoms with van der Waals surface area (Å²) < 4.78 is 13.2. The van der Waals surface area contributed by atoms with Gasteiger partial charge in [0.15, 0.2) is 0 Å². The lowest BCUT2D eigenvalue weighted by atomic mass is 10.1.